The number of hydrogen-bond donors (Lipinski definition) is 2. The zero-order valence-corrected chi connectivity index (χ0v) is 11.0. The molecule has 2 rings (SSSR count). The van der Waals surface area contributed by atoms with E-state index in [1.54, 1.807) is 18.5 Å². The SMILES string of the molecule is C=CCn1ncc(NCCc2ncc[nH]2)c(Cl)c1=O. The van der Waals surface area contributed by atoms with Gasteiger partial charge in [-0.15, -0.1) is 6.58 Å². The van der Waals surface area contributed by atoms with Crippen molar-refractivity contribution < 1.29 is 0 Å². The highest BCUT2D eigenvalue weighted by Gasteiger charge is 2.08. The summed E-state index contributed by atoms with van der Waals surface area (Å²) >= 11 is 6.00. The third-order valence-electron chi connectivity index (χ3n) is 2.52. The Morgan fingerprint density at radius 3 is 3.11 bits per heavy atom. The van der Waals surface area contributed by atoms with Gasteiger partial charge in [-0.25, -0.2) is 9.67 Å². The van der Waals surface area contributed by atoms with Crippen molar-refractivity contribution >= 4 is 17.3 Å². The Morgan fingerprint density at radius 2 is 2.42 bits per heavy atom. The Labute approximate surface area is 115 Å². The fraction of sp³-hybridized carbons (Fsp3) is 0.250. The average molecular weight is 280 g/mol. The molecule has 0 spiro atoms. The van der Waals surface area contributed by atoms with Gasteiger partial charge in [0.1, 0.15) is 10.8 Å². The number of aromatic nitrogens is 4. The first kappa shape index (κ1) is 13.4. The van der Waals surface area contributed by atoms with Crippen LogP contribution in [-0.2, 0) is 13.0 Å². The van der Waals surface area contributed by atoms with Crippen molar-refractivity contribution in [1.29, 1.82) is 0 Å². The number of rotatable bonds is 6. The quantitative estimate of drug-likeness (QED) is 0.785. The molecule has 2 heterocycles. The van der Waals surface area contributed by atoms with Gasteiger partial charge in [-0.1, -0.05) is 17.7 Å². The Hall–Kier alpha value is -2.08. The van der Waals surface area contributed by atoms with Crippen LogP contribution >= 0.6 is 11.6 Å². The standard InChI is InChI=1S/C12H14ClN5O/c1-2-7-18-12(19)11(13)9(8-17-18)14-4-3-10-15-5-6-16-10/h2,5-6,8,14H,1,3-4,7H2,(H,15,16). The normalized spacial score (nSPS) is 10.4. The van der Waals surface area contributed by atoms with Crippen molar-refractivity contribution in [3.05, 3.63) is 52.4 Å². The van der Waals surface area contributed by atoms with Crippen molar-refractivity contribution in [2.45, 2.75) is 13.0 Å². The second-order valence-corrected chi connectivity index (χ2v) is 4.24. The van der Waals surface area contributed by atoms with Crippen molar-refractivity contribution in [1.82, 2.24) is 19.7 Å². The lowest BCUT2D eigenvalue weighted by Crippen LogP contribution is -2.24. The summed E-state index contributed by atoms with van der Waals surface area (Å²) in [4.78, 5) is 18.9. The number of nitrogens with zero attached hydrogens (tertiary/aromatic N) is 3. The molecule has 0 unspecified atom stereocenters. The zero-order chi connectivity index (χ0) is 13.7. The maximum atomic E-state index is 11.8. The van der Waals surface area contributed by atoms with Crippen LogP contribution in [0.2, 0.25) is 5.02 Å². The summed E-state index contributed by atoms with van der Waals surface area (Å²) in [5.41, 5.74) is 0.197. The molecule has 0 aromatic carbocycles. The molecule has 0 saturated heterocycles. The van der Waals surface area contributed by atoms with E-state index in [0.717, 1.165) is 5.82 Å². The third kappa shape index (κ3) is 3.23. The van der Waals surface area contributed by atoms with E-state index in [0.29, 0.717) is 25.2 Å². The van der Waals surface area contributed by atoms with Gasteiger partial charge >= 0.3 is 0 Å². The van der Waals surface area contributed by atoms with Crippen LogP contribution in [0.15, 0.2) is 36.0 Å². The molecule has 100 valence electrons. The number of imidazole rings is 1. The summed E-state index contributed by atoms with van der Waals surface area (Å²) < 4.78 is 1.26. The van der Waals surface area contributed by atoms with E-state index in [9.17, 15) is 4.79 Å². The summed E-state index contributed by atoms with van der Waals surface area (Å²) in [6, 6.07) is 0. The van der Waals surface area contributed by atoms with Gasteiger partial charge in [-0.2, -0.15) is 5.10 Å². The zero-order valence-electron chi connectivity index (χ0n) is 10.3. The average Bonchev–Trinajstić information content (AvgIpc) is 2.91. The van der Waals surface area contributed by atoms with Crippen LogP contribution < -0.4 is 10.9 Å². The largest absolute Gasteiger partial charge is 0.382 e. The minimum atomic E-state index is -0.329. The lowest BCUT2D eigenvalue weighted by Gasteiger charge is -2.08. The summed E-state index contributed by atoms with van der Waals surface area (Å²) in [6.07, 6.45) is 7.30. The van der Waals surface area contributed by atoms with E-state index in [-0.39, 0.29) is 10.6 Å². The molecule has 2 N–H and O–H groups in total. The molecule has 7 heteroatoms. The minimum Gasteiger partial charge on any atom is -0.382 e. The van der Waals surface area contributed by atoms with E-state index < -0.39 is 0 Å². The second-order valence-electron chi connectivity index (χ2n) is 3.86. The number of aromatic amines is 1. The molecule has 0 aliphatic rings. The number of nitrogens with one attached hydrogen (secondary N) is 2. The van der Waals surface area contributed by atoms with E-state index in [1.807, 2.05) is 0 Å². The van der Waals surface area contributed by atoms with Crippen LogP contribution in [0.3, 0.4) is 0 Å². The predicted molar refractivity (Wildman–Crippen MR) is 74.5 cm³/mol. The molecule has 0 aliphatic heterocycles. The van der Waals surface area contributed by atoms with E-state index in [4.69, 9.17) is 11.6 Å². The molecule has 19 heavy (non-hydrogen) atoms. The number of anilines is 1. The predicted octanol–water partition coefficient (Wildman–Crippen LogP) is 1.46. The molecule has 2 aromatic heterocycles. The van der Waals surface area contributed by atoms with Crippen LogP contribution in [-0.4, -0.2) is 26.3 Å². The first-order chi connectivity index (χ1) is 9.22. The Morgan fingerprint density at radius 1 is 1.58 bits per heavy atom. The fourth-order valence-corrected chi connectivity index (χ4v) is 1.80. The molecule has 2 aromatic rings. The molecule has 0 amide bonds. The first-order valence-corrected chi connectivity index (χ1v) is 6.19. The van der Waals surface area contributed by atoms with Gasteiger partial charge < -0.3 is 10.3 Å². The molecular formula is C12H14ClN5O. The van der Waals surface area contributed by atoms with E-state index in [1.165, 1.54) is 10.9 Å². The minimum absolute atomic E-state index is 0.135. The van der Waals surface area contributed by atoms with E-state index in [2.05, 4.69) is 27.0 Å². The highest BCUT2D eigenvalue weighted by atomic mass is 35.5. The fourth-order valence-electron chi connectivity index (χ4n) is 1.59. The lowest BCUT2D eigenvalue weighted by molar-refractivity contribution is 0.653. The van der Waals surface area contributed by atoms with Gasteiger partial charge in [0.05, 0.1) is 18.4 Å². The van der Waals surface area contributed by atoms with Crippen LogP contribution in [0.4, 0.5) is 5.69 Å². The number of allylic oxidation sites excluding steroid dienone is 1. The topological polar surface area (TPSA) is 75.6 Å². The summed E-state index contributed by atoms with van der Waals surface area (Å²) in [7, 11) is 0. The van der Waals surface area contributed by atoms with Crippen molar-refractivity contribution in [3.63, 3.8) is 0 Å². The Bertz CT molecular complexity index is 605. The van der Waals surface area contributed by atoms with Gasteiger partial charge in [-0.05, 0) is 0 Å². The molecule has 0 radical (unpaired) electrons. The van der Waals surface area contributed by atoms with Gasteiger partial charge in [0.15, 0.2) is 0 Å². The van der Waals surface area contributed by atoms with Crippen molar-refractivity contribution in [3.8, 4) is 0 Å². The lowest BCUT2D eigenvalue weighted by atomic mass is 10.3. The van der Waals surface area contributed by atoms with Gasteiger partial charge in [0.25, 0.3) is 5.56 Å². The van der Waals surface area contributed by atoms with Crippen molar-refractivity contribution in [2.24, 2.45) is 0 Å². The molecule has 0 bridgehead atoms. The number of hydrogen-bond acceptors (Lipinski definition) is 4. The molecule has 0 aliphatic carbocycles. The van der Waals surface area contributed by atoms with Gasteiger partial charge in [0.2, 0.25) is 0 Å². The third-order valence-corrected chi connectivity index (χ3v) is 2.88. The van der Waals surface area contributed by atoms with Crippen LogP contribution in [0.25, 0.3) is 0 Å². The Kier molecular flexibility index (Phi) is 4.35. The van der Waals surface area contributed by atoms with Gasteiger partial charge in [0, 0.05) is 25.4 Å². The monoisotopic (exact) mass is 279 g/mol. The van der Waals surface area contributed by atoms with Crippen molar-refractivity contribution in [2.75, 3.05) is 11.9 Å². The summed E-state index contributed by atoms with van der Waals surface area (Å²) in [6.45, 7) is 4.51. The molecular weight excluding hydrogens is 266 g/mol. The maximum absolute atomic E-state index is 11.8. The second kappa shape index (κ2) is 6.19. The highest BCUT2D eigenvalue weighted by molar-refractivity contribution is 6.32. The smallest absolute Gasteiger partial charge is 0.287 e. The van der Waals surface area contributed by atoms with Crippen LogP contribution in [0.5, 0.6) is 0 Å². The number of halogens is 1. The van der Waals surface area contributed by atoms with Gasteiger partial charge in [-0.3, -0.25) is 4.79 Å². The van der Waals surface area contributed by atoms with Crippen LogP contribution in [0.1, 0.15) is 5.82 Å². The first-order valence-electron chi connectivity index (χ1n) is 5.81. The Balaban J connectivity index is 2.02. The summed E-state index contributed by atoms with van der Waals surface area (Å²) in [5, 5.41) is 7.21. The van der Waals surface area contributed by atoms with Crippen LogP contribution in [0, 0.1) is 0 Å². The molecule has 0 saturated carbocycles. The molecule has 0 fully saturated rings. The van der Waals surface area contributed by atoms with E-state index >= 15 is 0 Å². The number of H-pyrrole nitrogens is 1. The highest BCUT2D eigenvalue weighted by Crippen LogP contribution is 2.14. The molecule has 6 nitrogen and oxygen atoms in total. The summed E-state index contributed by atoms with van der Waals surface area (Å²) in [5.74, 6) is 0.872. The molecule has 0 atom stereocenters. The maximum Gasteiger partial charge on any atom is 0.287 e.